The Balaban J connectivity index is 2.48. The van der Waals surface area contributed by atoms with E-state index in [1.165, 1.54) is 0 Å². The molecule has 1 aliphatic rings. The van der Waals surface area contributed by atoms with E-state index < -0.39 is 6.03 Å². The maximum absolute atomic E-state index is 11.7. The van der Waals surface area contributed by atoms with Crippen LogP contribution in [0.25, 0.3) is 0 Å². The quantitative estimate of drug-likeness (QED) is 0.595. The number of nitrogens with zero attached hydrogens (tertiary/aromatic N) is 2. The first-order valence-corrected chi connectivity index (χ1v) is 7.09. The maximum atomic E-state index is 11.7. The Kier molecular flexibility index (Phi) is 6.22. The van der Waals surface area contributed by atoms with Gasteiger partial charge < -0.3 is 26.2 Å². The Hall–Kier alpha value is -1.34. The number of nitrogens with two attached hydrogens (primary N) is 1. The smallest absolute Gasteiger partial charge is 0.312 e. The Morgan fingerprint density at radius 2 is 1.85 bits per heavy atom. The van der Waals surface area contributed by atoms with Gasteiger partial charge in [0.05, 0.1) is 6.54 Å². The molecule has 0 aromatic carbocycles. The largest absolute Gasteiger partial charge is 0.353 e. The van der Waals surface area contributed by atoms with E-state index in [0.29, 0.717) is 6.54 Å². The van der Waals surface area contributed by atoms with Gasteiger partial charge in [-0.05, 0) is 46.6 Å². The molecular formula is C13H27N5O2. The van der Waals surface area contributed by atoms with Crippen molar-refractivity contribution in [3.63, 3.8) is 0 Å². The number of carbonyl (C=O) groups excluding carboxylic acids is 2. The first-order chi connectivity index (χ1) is 9.39. The van der Waals surface area contributed by atoms with E-state index in [1.807, 2.05) is 0 Å². The third kappa shape index (κ3) is 4.64. The lowest BCUT2D eigenvalue weighted by Gasteiger charge is -2.46. The van der Waals surface area contributed by atoms with E-state index in [4.69, 9.17) is 5.73 Å². The Morgan fingerprint density at radius 1 is 1.25 bits per heavy atom. The molecular weight excluding hydrogens is 258 g/mol. The molecule has 3 amide bonds. The van der Waals surface area contributed by atoms with Gasteiger partial charge >= 0.3 is 6.03 Å². The van der Waals surface area contributed by atoms with Crippen molar-refractivity contribution in [1.82, 2.24) is 20.4 Å². The molecule has 7 heteroatoms. The summed E-state index contributed by atoms with van der Waals surface area (Å²) in [5, 5.41) is 5.19. The highest BCUT2D eigenvalue weighted by Crippen LogP contribution is 2.26. The third-order valence-electron chi connectivity index (χ3n) is 4.22. The van der Waals surface area contributed by atoms with E-state index in [0.717, 1.165) is 32.5 Å². The summed E-state index contributed by atoms with van der Waals surface area (Å²) in [6.07, 6.45) is 2.05. The van der Waals surface area contributed by atoms with Crippen molar-refractivity contribution in [1.29, 1.82) is 0 Å². The minimum atomic E-state index is -0.682. The lowest BCUT2D eigenvalue weighted by Crippen LogP contribution is -2.59. The van der Waals surface area contributed by atoms with Crippen molar-refractivity contribution in [2.75, 3.05) is 46.8 Å². The first kappa shape index (κ1) is 16.7. The molecule has 0 atom stereocenters. The molecule has 0 aromatic heterocycles. The molecule has 0 bridgehead atoms. The van der Waals surface area contributed by atoms with E-state index >= 15 is 0 Å². The van der Waals surface area contributed by atoms with E-state index in [2.05, 4.69) is 41.5 Å². The fraction of sp³-hybridized carbons (Fsp3) is 0.846. The second kappa shape index (κ2) is 7.44. The molecule has 0 saturated carbocycles. The molecule has 116 valence electrons. The van der Waals surface area contributed by atoms with Crippen LogP contribution in [0.15, 0.2) is 0 Å². The number of amides is 3. The minimum absolute atomic E-state index is 0.00590. The summed E-state index contributed by atoms with van der Waals surface area (Å²) in [6.45, 7) is 5.85. The number of carbonyl (C=O) groups is 2. The molecule has 0 unspecified atom stereocenters. The van der Waals surface area contributed by atoms with Crippen LogP contribution >= 0.6 is 0 Å². The molecule has 1 rings (SSSR count). The summed E-state index contributed by atoms with van der Waals surface area (Å²) in [7, 11) is 4.10. The van der Waals surface area contributed by atoms with Gasteiger partial charge in [-0.3, -0.25) is 4.79 Å². The van der Waals surface area contributed by atoms with Crippen LogP contribution in [0.5, 0.6) is 0 Å². The van der Waals surface area contributed by atoms with Crippen LogP contribution in [0.2, 0.25) is 0 Å². The van der Waals surface area contributed by atoms with Crippen LogP contribution in [0.1, 0.15) is 19.8 Å². The van der Waals surface area contributed by atoms with Gasteiger partial charge in [0.15, 0.2) is 0 Å². The summed E-state index contributed by atoms with van der Waals surface area (Å²) >= 11 is 0. The number of likely N-dealkylation sites (N-methyl/N-ethyl adjacent to an activating group) is 1. The van der Waals surface area contributed by atoms with Crippen LogP contribution in [-0.4, -0.2) is 74.1 Å². The van der Waals surface area contributed by atoms with Crippen molar-refractivity contribution in [2.24, 2.45) is 5.73 Å². The highest BCUT2D eigenvalue weighted by Gasteiger charge is 2.36. The monoisotopic (exact) mass is 285 g/mol. The van der Waals surface area contributed by atoms with Gasteiger partial charge in [0.2, 0.25) is 5.91 Å². The van der Waals surface area contributed by atoms with Crippen molar-refractivity contribution in [3.8, 4) is 0 Å². The molecule has 1 fully saturated rings. The summed E-state index contributed by atoms with van der Waals surface area (Å²) in [5.41, 5.74) is 4.93. The fourth-order valence-corrected chi connectivity index (χ4v) is 2.56. The average Bonchev–Trinajstić information content (AvgIpc) is 2.43. The van der Waals surface area contributed by atoms with Gasteiger partial charge in [0.25, 0.3) is 0 Å². The topological polar surface area (TPSA) is 90.7 Å². The molecule has 4 N–H and O–H groups in total. The number of likely N-dealkylation sites (tertiary alicyclic amines) is 1. The summed E-state index contributed by atoms with van der Waals surface area (Å²) in [5.74, 6) is -0.206. The minimum Gasteiger partial charge on any atom is -0.353 e. The molecule has 0 aromatic rings. The molecule has 0 spiro atoms. The fourth-order valence-electron chi connectivity index (χ4n) is 2.56. The van der Waals surface area contributed by atoms with Crippen molar-refractivity contribution < 1.29 is 9.59 Å². The second-order valence-electron chi connectivity index (χ2n) is 5.55. The van der Waals surface area contributed by atoms with Crippen molar-refractivity contribution in [2.45, 2.75) is 25.3 Å². The molecule has 1 heterocycles. The highest BCUT2D eigenvalue weighted by molar-refractivity contribution is 5.83. The summed E-state index contributed by atoms with van der Waals surface area (Å²) < 4.78 is 0. The van der Waals surface area contributed by atoms with Crippen LogP contribution in [0.3, 0.4) is 0 Å². The van der Waals surface area contributed by atoms with Gasteiger partial charge in [-0.25, -0.2) is 4.79 Å². The Morgan fingerprint density at radius 3 is 2.30 bits per heavy atom. The van der Waals surface area contributed by atoms with Crippen molar-refractivity contribution in [3.05, 3.63) is 0 Å². The van der Waals surface area contributed by atoms with Crippen LogP contribution in [0, 0.1) is 0 Å². The van der Waals surface area contributed by atoms with Crippen LogP contribution in [-0.2, 0) is 4.79 Å². The molecule has 0 aliphatic carbocycles. The second-order valence-corrected chi connectivity index (χ2v) is 5.55. The van der Waals surface area contributed by atoms with Gasteiger partial charge in [-0.2, -0.15) is 0 Å². The molecule has 20 heavy (non-hydrogen) atoms. The zero-order valence-electron chi connectivity index (χ0n) is 12.7. The Labute approximate surface area is 120 Å². The lowest BCUT2D eigenvalue weighted by atomic mass is 9.86. The maximum Gasteiger partial charge on any atom is 0.312 e. The number of urea groups is 1. The standard InChI is InChI=1S/C13H27N5O2/c1-4-18-7-5-13(6-8-18,17(2)3)10-16-11(19)9-15-12(14)20/h4-10H2,1-3H3,(H,16,19)(H3,14,15,20). The predicted octanol–water partition coefficient (Wildman–Crippen LogP) is -0.813. The number of nitrogens with one attached hydrogen (secondary N) is 2. The van der Waals surface area contributed by atoms with Gasteiger partial charge in [-0.15, -0.1) is 0 Å². The molecule has 0 radical (unpaired) electrons. The predicted molar refractivity (Wildman–Crippen MR) is 78.4 cm³/mol. The first-order valence-electron chi connectivity index (χ1n) is 7.09. The third-order valence-corrected chi connectivity index (χ3v) is 4.22. The zero-order valence-corrected chi connectivity index (χ0v) is 12.7. The van der Waals surface area contributed by atoms with Gasteiger partial charge in [0, 0.05) is 12.1 Å². The zero-order chi connectivity index (χ0) is 15.2. The normalized spacial score (nSPS) is 18.8. The highest BCUT2D eigenvalue weighted by atomic mass is 16.2. The van der Waals surface area contributed by atoms with E-state index in [-0.39, 0.29) is 18.0 Å². The van der Waals surface area contributed by atoms with E-state index in [1.54, 1.807) is 0 Å². The van der Waals surface area contributed by atoms with E-state index in [9.17, 15) is 9.59 Å². The number of rotatable bonds is 6. The van der Waals surface area contributed by atoms with Crippen molar-refractivity contribution >= 4 is 11.9 Å². The Bertz CT molecular complexity index is 338. The SMILES string of the molecule is CCN1CCC(CNC(=O)CNC(N)=O)(N(C)C)CC1. The summed E-state index contributed by atoms with van der Waals surface area (Å²) in [4.78, 5) is 26.8. The summed E-state index contributed by atoms with van der Waals surface area (Å²) in [6, 6.07) is -0.682. The number of primary amides is 1. The molecule has 1 saturated heterocycles. The number of hydrogen-bond donors (Lipinski definition) is 3. The lowest BCUT2D eigenvalue weighted by molar-refractivity contribution is -0.120. The molecule has 7 nitrogen and oxygen atoms in total. The average molecular weight is 285 g/mol. The molecule has 1 aliphatic heterocycles. The van der Waals surface area contributed by atoms with Crippen LogP contribution in [0.4, 0.5) is 4.79 Å². The number of piperidine rings is 1. The number of hydrogen-bond acceptors (Lipinski definition) is 4. The van der Waals surface area contributed by atoms with Gasteiger partial charge in [-0.1, -0.05) is 6.92 Å². The van der Waals surface area contributed by atoms with Crippen LogP contribution < -0.4 is 16.4 Å². The van der Waals surface area contributed by atoms with Gasteiger partial charge in [0.1, 0.15) is 0 Å².